The minimum atomic E-state index is -1.53. The van der Waals surface area contributed by atoms with E-state index in [9.17, 15) is 29.1 Å². The van der Waals surface area contributed by atoms with Crippen molar-refractivity contribution >= 4 is 29.8 Å². The SMILES string of the molecule is CCC(C)(C)N(C(=O)C(CC(N)=O)NC(=O)OC(C)(C)C)C(C(=O)NC(Cc1ccccc1)C(=O)OC(C)(C)C)c1ccccc1O. The molecule has 0 fully saturated rings. The number of nitrogens with zero attached hydrogens (tertiary/aromatic N) is 1. The summed E-state index contributed by atoms with van der Waals surface area (Å²) in [5.74, 6) is -3.51. The van der Waals surface area contributed by atoms with E-state index in [0.717, 1.165) is 5.56 Å². The average molecular weight is 655 g/mol. The van der Waals surface area contributed by atoms with Gasteiger partial charge in [-0.15, -0.1) is 0 Å². The minimum Gasteiger partial charge on any atom is -0.508 e. The lowest BCUT2D eigenvalue weighted by Crippen LogP contribution is -2.60. The zero-order valence-corrected chi connectivity index (χ0v) is 28.9. The van der Waals surface area contributed by atoms with Gasteiger partial charge in [-0.2, -0.15) is 0 Å². The van der Waals surface area contributed by atoms with Crippen molar-refractivity contribution in [2.45, 2.75) is 116 Å². The number of rotatable bonds is 13. The molecule has 0 saturated heterocycles. The van der Waals surface area contributed by atoms with Crippen molar-refractivity contribution in [1.29, 1.82) is 0 Å². The molecule has 3 atom stereocenters. The number of hydrogen-bond donors (Lipinski definition) is 4. The summed E-state index contributed by atoms with van der Waals surface area (Å²) >= 11 is 0. The van der Waals surface area contributed by atoms with Crippen LogP contribution in [0.3, 0.4) is 0 Å². The van der Waals surface area contributed by atoms with Gasteiger partial charge in [-0.3, -0.25) is 14.4 Å². The number of aromatic hydroxyl groups is 1. The smallest absolute Gasteiger partial charge is 0.408 e. The lowest BCUT2D eigenvalue weighted by atomic mass is 9.91. The van der Waals surface area contributed by atoms with Crippen LogP contribution in [0.15, 0.2) is 54.6 Å². The monoisotopic (exact) mass is 654 g/mol. The molecule has 0 heterocycles. The zero-order chi connectivity index (χ0) is 35.7. The Hall–Kier alpha value is -4.61. The Morgan fingerprint density at radius 3 is 1.87 bits per heavy atom. The molecule has 0 aromatic heterocycles. The Bertz CT molecular complexity index is 1410. The molecule has 4 amide bonds. The normalized spacial score (nSPS) is 13.8. The van der Waals surface area contributed by atoms with Crippen LogP contribution in [0.2, 0.25) is 0 Å². The van der Waals surface area contributed by atoms with Gasteiger partial charge in [0.25, 0.3) is 0 Å². The van der Waals surface area contributed by atoms with Crippen molar-refractivity contribution in [3.8, 4) is 5.75 Å². The molecule has 0 saturated carbocycles. The van der Waals surface area contributed by atoms with Gasteiger partial charge in [0.05, 0.1) is 6.42 Å². The number of phenolic OH excluding ortho intramolecular Hbond substituents is 1. The lowest BCUT2D eigenvalue weighted by molar-refractivity contribution is -0.159. The van der Waals surface area contributed by atoms with Crippen LogP contribution >= 0.6 is 0 Å². The first-order valence-electron chi connectivity index (χ1n) is 15.6. The third-order valence-electron chi connectivity index (χ3n) is 7.18. The second kappa shape index (κ2) is 15.8. The third kappa shape index (κ3) is 11.9. The van der Waals surface area contributed by atoms with Gasteiger partial charge >= 0.3 is 12.1 Å². The maximum atomic E-state index is 14.5. The summed E-state index contributed by atoms with van der Waals surface area (Å²) in [6.07, 6.45) is -1.18. The molecule has 2 aromatic rings. The second-order valence-electron chi connectivity index (χ2n) is 14.0. The zero-order valence-electron chi connectivity index (χ0n) is 28.9. The Balaban J connectivity index is 2.72. The van der Waals surface area contributed by atoms with E-state index in [2.05, 4.69) is 10.6 Å². The predicted octanol–water partition coefficient (Wildman–Crippen LogP) is 4.29. The Labute approximate surface area is 277 Å². The van der Waals surface area contributed by atoms with Crippen molar-refractivity contribution in [3.05, 3.63) is 65.7 Å². The number of alkyl carbamates (subject to hydrolysis) is 1. The molecule has 5 N–H and O–H groups in total. The topological polar surface area (TPSA) is 177 Å². The highest BCUT2D eigenvalue weighted by atomic mass is 16.6. The fourth-order valence-electron chi connectivity index (χ4n) is 4.75. The number of amides is 4. The van der Waals surface area contributed by atoms with Crippen LogP contribution < -0.4 is 16.4 Å². The molecule has 2 rings (SSSR count). The largest absolute Gasteiger partial charge is 0.508 e. The first-order chi connectivity index (χ1) is 21.6. The van der Waals surface area contributed by atoms with Crippen molar-refractivity contribution in [1.82, 2.24) is 15.5 Å². The van der Waals surface area contributed by atoms with Gasteiger partial charge in [-0.05, 0) is 73.4 Å². The molecule has 0 aliphatic carbocycles. The number of hydrogen-bond acceptors (Lipinski definition) is 8. The fourth-order valence-corrected chi connectivity index (χ4v) is 4.75. The highest BCUT2D eigenvalue weighted by molar-refractivity contribution is 5.96. The Morgan fingerprint density at radius 2 is 1.36 bits per heavy atom. The molecule has 12 nitrogen and oxygen atoms in total. The van der Waals surface area contributed by atoms with Gasteiger partial charge in [0.1, 0.15) is 35.1 Å². The van der Waals surface area contributed by atoms with E-state index in [0.29, 0.717) is 6.42 Å². The molecule has 2 aromatic carbocycles. The molecular weight excluding hydrogens is 604 g/mol. The van der Waals surface area contributed by atoms with E-state index in [4.69, 9.17) is 15.2 Å². The quantitative estimate of drug-likeness (QED) is 0.231. The van der Waals surface area contributed by atoms with Crippen LogP contribution in [-0.4, -0.2) is 68.6 Å². The standard InChI is InChI=1S/C35H50N4O8/c1-10-35(8,9)39(30(43)24(21-27(36)41)38-32(45)47-34(5,6)7)28(23-18-14-15-19-26(23)40)29(42)37-25(31(44)46-33(2,3)4)20-22-16-12-11-13-17-22/h11-19,24-25,28,40H,10,20-21H2,1-9H3,(H2,36,41)(H,37,42)(H,38,45). The number of carbonyl (C=O) groups is 5. The molecule has 258 valence electrons. The van der Waals surface area contributed by atoms with Crippen molar-refractivity contribution in [2.24, 2.45) is 5.73 Å². The number of ether oxygens (including phenoxy) is 2. The van der Waals surface area contributed by atoms with Crippen molar-refractivity contribution in [2.75, 3.05) is 0 Å². The fraction of sp³-hybridized carbons (Fsp3) is 0.514. The molecular formula is C35H50N4O8. The van der Waals surface area contributed by atoms with Gasteiger partial charge in [-0.1, -0.05) is 55.5 Å². The highest BCUT2D eigenvalue weighted by Gasteiger charge is 2.45. The van der Waals surface area contributed by atoms with Gasteiger partial charge in [0.2, 0.25) is 17.7 Å². The summed E-state index contributed by atoms with van der Waals surface area (Å²) in [6, 6.07) is 10.8. The van der Waals surface area contributed by atoms with Crippen molar-refractivity contribution in [3.63, 3.8) is 0 Å². The van der Waals surface area contributed by atoms with Crippen LogP contribution in [0.25, 0.3) is 0 Å². The van der Waals surface area contributed by atoms with Crippen LogP contribution in [0.1, 0.15) is 92.3 Å². The number of carbonyl (C=O) groups excluding carboxylic acids is 5. The maximum absolute atomic E-state index is 14.5. The average Bonchev–Trinajstić information content (AvgIpc) is 2.93. The van der Waals surface area contributed by atoms with E-state index in [1.165, 1.54) is 17.0 Å². The summed E-state index contributed by atoms with van der Waals surface area (Å²) in [4.78, 5) is 68.6. The van der Waals surface area contributed by atoms with E-state index in [1.54, 1.807) is 98.7 Å². The molecule has 0 bridgehead atoms. The summed E-state index contributed by atoms with van der Waals surface area (Å²) < 4.78 is 11.0. The Kier molecular flexibility index (Phi) is 13.0. The van der Waals surface area contributed by atoms with E-state index < -0.39 is 71.1 Å². The first kappa shape index (κ1) is 38.6. The molecule has 47 heavy (non-hydrogen) atoms. The predicted molar refractivity (Wildman–Crippen MR) is 177 cm³/mol. The molecule has 0 radical (unpaired) electrons. The number of nitrogens with two attached hydrogens (primary N) is 1. The van der Waals surface area contributed by atoms with Gasteiger partial charge in [0, 0.05) is 17.5 Å². The van der Waals surface area contributed by atoms with E-state index in [1.807, 2.05) is 6.07 Å². The highest BCUT2D eigenvalue weighted by Crippen LogP contribution is 2.36. The number of nitrogens with one attached hydrogen (secondary N) is 2. The molecule has 3 unspecified atom stereocenters. The number of phenols is 1. The van der Waals surface area contributed by atoms with Crippen LogP contribution in [0, 0.1) is 0 Å². The molecule has 0 spiro atoms. The second-order valence-corrected chi connectivity index (χ2v) is 14.0. The minimum absolute atomic E-state index is 0.0533. The number of para-hydroxylation sites is 1. The molecule has 0 aliphatic rings. The van der Waals surface area contributed by atoms with E-state index in [-0.39, 0.29) is 17.7 Å². The van der Waals surface area contributed by atoms with Crippen LogP contribution in [0.5, 0.6) is 5.75 Å². The third-order valence-corrected chi connectivity index (χ3v) is 7.18. The maximum Gasteiger partial charge on any atom is 0.408 e. The van der Waals surface area contributed by atoms with Gasteiger partial charge < -0.3 is 35.8 Å². The van der Waals surface area contributed by atoms with Crippen molar-refractivity contribution < 1.29 is 38.6 Å². The van der Waals surface area contributed by atoms with Gasteiger partial charge in [-0.25, -0.2) is 9.59 Å². The van der Waals surface area contributed by atoms with Gasteiger partial charge in [0.15, 0.2) is 0 Å². The lowest BCUT2D eigenvalue weighted by Gasteiger charge is -2.44. The number of esters is 1. The Morgan fingerprint density at radius 1 is 0.809 bits per heavy atom. The molecule has 12 heteroatoms. The van der Waals surface area contributed by atoms with E-state index >= 15 is 0 Å². The first-order valence-corrected chi connectivity index (χ1v) is 15.6. The summed E-state index contributed by atoms with van der Waals surface area (Å²) in [7, 11) is 0. The number of benzene rings is 2. The summed E-state index contributed by atoms with van der Waals surface area (Å²) in [5.41, 5.74) is 3.41. The molecule has 0 aliphatic heterocycles. The van der Waals surface area contributed by atoms with Crippen LogP contribution in [-0.2, 0) is 35.1 Å². The number of primary amides is 1. The summed E-state index contributed by atoms with van der Waals surface area (Å²) in [6.45, 7) is 15.2. The summed E-state index contributed by atoms with van der Waals surface area (Å²) in [5, 5.41) is 16.2. The van der Waals surface area contributed by atoms with Crippen LogP contribution in [0.4, 0.5) is 4.79 Å².